The first-order valence-electron chi connectivity index (χ1n) is 7.53. The maximum absolute atomic E-state index is 12.3. The fourth-order valence-electron chi connectivity index (χ4n) is 2.36. The highest BCUT2D eigenvalue weighted by molar-refractivity contribution is 9.10. The van der Waals surface area contributed by atoms with E-state index in [0.717, 1.165) is 17.3 Å². The number of halogens is 1. The third-order valence-corrected chi connectivity index (χ3v) is 4.07. The molecule has 0 unspecified atom stereocenters. The van der Waals surface area contributed by atoms with Crippen LogP contribution in [0.2, 0.25) is 0 Å². The molecule has 0 spiro atoms. The van der Waals surface area contributed by atoms with Crippen molar-refractivity contribution < 1.29 is 14.3 Å². The molecule has 1 aromatic rings. The Morgan fingerprint density at radius 1 is 1.41 bits per heavy atom. The normalized spacial score (nSPS) is 22.3. The highest BCUT2D eigenvalue weighted by atomic mass is 79.9. The van der Waals surface area contributed by atoms with E-state index in [4.69, 9.17) is 9.47 Å². The maximum atomic E-state index is 12.3. The zero-order valence-corrected chi connectivity index (χ0v) is 15.1. The molecule has 2 atom stereocenters. The minimum Gasteiger partial charge on any atom is -0.472 e. The number of amides is 1. The van der Waals surface area contributed by atoms with Crippen LogP contribution in [0.4, 0.5) is 4.79 Å². The lowest BCUT2D eigenvalue weighted by molar-refractivity contribution is -0.00608. The number of piperidine rings is 1. The molecule has 0 bridgehead atoms. The molecular weight excluding hydrogens is 348 g/mol. The number of nitrogens with zero attached hydrogens (tertiary/aromatic N) is 2. The predicted molar refractivity (Wildman–Crippen MR) is 88.0 cm³/mol. The average molecular weight is 371 g/mol. The van der Waals surface area contributed by atoms with Crippen molar-refractivity contribution in [2.45, 2.75) is 58.3 Å². The summed E-state index contributed by atoms with van der Waals surface area (Å²) in [5, 5.41) is 0. The van der Waals surface area contributed by atoms with Crippen LogP contribution < -0.4 is 4.74 Å². The Balaban J connectivity index is 2.02. The molecule has 1 aliphatic heterocycles. The van der Waals surface area contributed by atoms with Gasteiger partial charge < -0.3 is 14.4 Å². The number of carbonyl (C=O) groups excluding carboxylic acids is 1. The van der Waals surface area contributed by atoms with Gasteiger partial charge in [0.1, 0.15) is 11.7 Å². The Morgan fingerprint density at radius 3 is 2.77 bits per heavy atom. The maximum Gasteiger partial charge on any atom is 0.410 e. The molecule has 1 fully saturated rings. The largest absolute Gasteiger partial charge is 0.472 e. The molecule has 122 valence electrons. The van der Waals surface area contributed by atoms with Gasteiger partial charge in [-0.3, -0.25) is 0 Å². The van der Waals surface area contributed by atoms with Crippen LogP contribution in [0.5, 0.6) is 5.88 Å². The zero-order valence-electron chi connectivity index (χ0n) is 13.5. The Bertz CT molecular complexity index is 530. The minimum atomic E-state index is -0.491. The quantitative estimate of drug-likeness (QED) is 0.788. The molecule has 0 N–H and O–H groups in total. The molecule has 1 aromatic heterocycles. The van der Waals surface area contributed by atoms with E-state index in [1.807, 2.05) is 39.8 Å². The van der Waals surface area contributed by atoms with E-state index in [1.54, 1.807) is 11.1 Å². The molecule has 0 aliphatic carbocycles. The first kappa shape index (κ1) is 17.1. The summed E-state index contributed by atoms with van der Waals surface area (Å²) in [5.74, 6) is 0.561. The predicted octanol–water partition coefficient (Wildman–Crippen LogP) is 4.01. The number of carbonyl (C=O) groups is 1. The van der Waals surface area contributed by atoms with Crippen molar-refractivity contribution in [3.05, 3.63) is 22.8 Å². The molecule has 22 heavy (non-hydrogen) atoms. The van der Waals surface area contributed by atoms with Crippen molar-refractivity contribution in [3.8, 4) is 5.88 Å². The third kappa shape index (κ3) is 4.60. The van der Waals surface area contributed by atoms with Gasteiger partial charge in [-0.05, 0) is 68.6 Å². The van der Waals surface area contributed by atoms with Crippen molar-refractivity contribution >= 4 is 22.0 Å². The van der Waals surface area contributed by atoms with Crippen LogP contribution in [0.15, 0.2) is 22.8 Å². The van der Waals surface area contributed by atoms with Crippen molar-refractivity contribution in [2.24, 2.45) is 0 Å². The van der Waals surface area contributed by atoms with Gasteiger partial charge in [0.05, 0.1) is 11.0 Å². The van der Waals surface area contributed by atoms with Crippen LogP contribution in [0.3, 0.4) is 0 Å². The van der Waals surface area contributed by atoms with Gasteiger partial charge in [-0.1, -0.05) is 0 Å². The Hall–Kier alpha value is -1.30. The second-order valence-corrected chi connectivity index (χ2v) is 7.44. The first-order valence-corrected chi connectivity index (χ1v) is 8.32. The molecular formula is C16H23BrN2O3. The summed E-state index contributed by atoms with van der Waals surface area (Å²) in [5.41, 5.74) is -0.491. The van der Waals surface area contributed by atoms with Crippen LogP contribution in [-0.4, -0.2) is 40.3 Å². The van der Waals surface area contributed by atoms with Gasteiger partial charge in [-0.2, -0.15) is 0 Å². The Kier molecular flexibility index (Phi) is 5.32. The van der Waals surface area contributed by atoms with Gasteiger partial charge in [0.15, 0.2) is 0 Å². The molecule has 1 saturated heterocycles. The second-order valence-electron chi connectivity index (χ2n) is 6.59. The summed E-state index contributed by atoms with van der Waals surface area (Å²) < 4.78 is 12.2. The lowest BCUT2D eigenvalue weighted by Gasteiger charge is -2.38. The zero-order chi connectivity index (χ0) is 16.3. The number of hydrogen-bond acceptors (Lipinski definition) is 4. The van der Waals surface area contributed by atoms with Crippen LogP contribution in [0, 0.1) is 0 Å². The average Bonchev–Trinajstić information content (AvgIpc) is 2.41. The van der Waals surface area contributed by atoms with Crippen molar-refractivity contribution in [2.75, 3.05) is 6.54 Å². The summed E-state index contributed by atoms with van der Waals surface area (Å²) in [6.45, 7) is 8.17. The number of rotatable bonds is 2. The standard InChI is InChI=1S/C16H23BrN2O3/c1-11-7-8-12(21-14-13(17)6-5-9-18-14)10-19(11)15(20)22-16(2,3)4/h5-6,9,11-12H,7-8,10H2,1-4H3/t11-,12-/m1/s1. The number of likely N-dealkylation sites (tertiary alicyclic amines) is 1. The van der Waals surface area contributed by atoms with Crippen molar-refractivity contribution in [1.82, 2.24) is 9.88 Å². The van der Waals surface area contributed by atoms with Gasteiger partial charge in [0, 0.05) is 12.2 Å². The number of aromatic nitrogens is 1. The van der Waals surface area contributed by atoms with Gasteiger partial charge in [0.2, 0.25) is 5.88 Å². The van der Waals surface area contributed by atoms with Crippen LogP contribution in [0.25, 0.3) is 0 Å². The van der Waals surface area contributed by atoms with Gasteiger partial charge in [-0.15, -0.1) is 0 Å². The number of pyridine rings is 1. The van der Waals surface area contributed by atoms with Crippen LogP contribution in [0.1, 0.15) is 40.5 Å². The van der Waals surface area contributed by atoms with Crippen molar-refractivity contribution in [3.63, 3.8) is 0 Å². The first-order chi connectivity index (χ1) is 10.3. The van der Waals surface area contributed by atoms with Crippen LogP contribution >= 0.6 is 15.9 Å². The smallest absolute Gasteiger partial charge is 0.410 e. The lowest BCUT2D eigenvalue weighted by Crippen LogP contribution is -2.50. The molecule has 1 amide bonds. The fourth-order valence-corrected chi connectivity index (χ4v) is 2.71. The van der Waals surface area contributed by atoms with E-state index < -0.39 is 5.60 Å². The molecule has 1 aliphatic rings. The Labute approximate surface area is 140 Å². The minimum absolute atomic E-state index is 0.0741. The van der Waals surface area contributed by atoms with E-state index in [9.17, 15) is 4.79 Å². The topological polar surface area (TPSA) is 51.7 Å². The molecule has 5 nitrogen and oxygen atoms in total. The van der Waals surface area contributed by atoms with Gasteiger partial charge in [0.25, 0.3) is 0 Å². The summed E-state index contributed by atoms with van der Waals surface area (Å²) in [6, 6.07) is 3.88. The Morgan fingerprint density at radius 2 is 2.14 bits per heavy atom. The third-order valence-electron chi connectivity index (χ3n) is 3.47. The molecule has 2 rings (SSSR count). The van der Waals surface area contributed by atoms with E-state index >= 15 is 0 Å². The van der Waals surface area contributed by atoms with E-state index in [-0.39, 0.29) is 18.2 Å². The molecule has 0 saturated carbocycles. The van der Waals surface area contributed by atoms with E-state index in [1.165, 1.54) is 0 Å². The van der Waals surface area contributed by atoms with Crippen molar-refractivity contribution in [1.29, 1.82) is 0 Å². The fraction of sp³-hybridized carbons (Fsp3) is 0.625. The number of ether oxygens (including phenoxy) is 2. The summed E-state index contributed by atoms with van der Waals surface area (Å²) in [4.78, 5) is 18.3. The summed E-state index contributed by atoms with van der Waals surface area (Å²) in [6.07, 6.45) is 3.11. The molecule has 2 heterocycles. The highest BCUT2D eigenvalue weighted by Crippen LogP contribution is 2.27. The van der Waals surface area contributed by atoms with E-state index in [2.05, 4.69) is 20.9 Å². The molecule has 6 heteroatoms. The van der Waals surface area contributed by atoms with Gasteiger partial charge in [-0.25, -0.2) is 9.78 Å². The monoisotopic (exact) mass is 370 g/mol. The van der Waals surface area contributed by atoms with Crippen LogP contribution in [-0.2, 0) is 4.74 Å². The number of hydrogen-bond donors (Lipinski definition) is 0. The van der Waals surface area contributed by atoms with Gasteiger partial charge >= 0.3 is 6.09 Å². The summed E-state index contributed by atoms with van der Waals surface area (Å²) >= 11 is 3.43. The second kappa shape index (κ2) is 6.86. The molecule has 0 aromatic carbocycles. The SMILES string of the molecule is C[C@@H]1CC[C@@H](Oc2ncccc2Br)CN1C(=O)OC(C)(C)C. The molecule has 0 radical (unpaired) electrons. The highest BCUT2D eigenvalue weighted by Gasteiger charge is 2.33. The lowest BCUT2D eigenvalue weighted by atomic mass is 10.0. The summed E-state index contributed by atoms with van der Waals surface area (Å²) in [7, 11) is 0. The van der Waals surface area contributed by atoms with E-state index in [0.29, 0.717) is 12.4 Å².